The molecule has 202 valence electrons. The van der Waals surface area contributed by atoms with E-state index in [1.807, 2.05) is 5.57 Å². The second-order valence-corrected chi connectivity index (χ2v) is 13.3. The van der Waals surface area contributed by atoms with Gasteiger partial charge in [0, 0.05) is 40.3 Å². The van der Waals surface area contributed by atoms with Gasteiger partial charge in [0.05, 0.1) is 6.04 Å². The second-order valence-electron chi connectivity index (χ2n) is 13.3. The van der Waals surface area contributed by atoms with E-state index in [0.29, 0.717) is 24.0 Å². The monoisotopic (exact) mass is 524 g/mol. The fourth-order valence-corrected chi connectivity index (χ4v) is 9.55. The van der Waals surface area contributed by atoms with Crippen molar-refractivity contribution in [1.82, 2.24) is 9.47 Å². The summed E-state index contributed by atoms with van der Waals surface area (Å²) in [6.45, 7) is 0. The lowest BCUT2D eigenvalue weighted by Gasteiger charge is -2.43. The Morgan fingerprint density at radius 2 is 1.45 bits per heavy atom. The molecule has 6 aliphatic carbocycles. The lowest BCUT2D eigenvalue weighted by atomic mass is 9.72. The molecule has 9 rings (SSSR count). The van der Waals surface area contributed by atoms with Crippen molar-refractivity contribution in [2.75, 3.05) is 0 Å². The van der Waals surface area contributed by atoms with Gasteiger partial charge < -0.3 is 9.47 Å². The van der Waals surface area contributed by atoms with E-state index in [1.165, 1.54) is 93.6 Å². The zero-order valence-corrected chi connectivity index (χ0v) is 23.6. The van der Waals surface area contributed by atoms with Crippen LogP contribution in [0.4, 0.5) is 0 Å². The van der Waals surface area contributed by atoms with Crippen LogP contribution in [0.5, 0.6) is 0 Å². The smallest absolute Gasteiger partial charge is 0.0580 e. The quantitative estimate of drug-likeness (QED) is 0.355. The summed E-state index contributed by atoms with van der Waals surface area (Å²) in [4.78, 5) is 2.86. The van der Waals surface area contributed by atoms with E-state index >= 15 is 0 Å². The first kappa shape index (κ1) is 23.4. The molecule has 2 heteroatoms. The third-order valence-electron chi connectivity index (χ3n) is 11.3. The van der Waals surface area contributed by atoms with Gasteiger partial charge in [-0.05, 0) is 106 Å². The van der Waals surface area contributed by atoms with Gasteiger partial charge in [-0.1, -0.05) is 76.9 Å². The lowest BCUT2D eigenvalue weighted by Crippen LogP contribution is -2.42. The van der Waals surface area contributed by atoms with Crippen LogP contribution in [0.25, 0.3) is 17.0 Å². The van der Waals surface area contributed by atoms with E-state index in [1.54, 1.807) is 33.6 Å². The van der Waals surface area contributed by atoms with Crippen LogP contribution in [0.1, 0.15) is 87.9 Å². The van der Waals surface area contributed by atoms with Crippen molar-refractivity contribution in [1.29, 1.82) is 0 Å². The average molecular weight is 525 g/mol. The van der Waals surface area contributed by atoms with E-state index < -0.39 is 0 Å². The Morgan fingerprint density at radius 1 is 0.700 bits per heavy atom. The summed E-state index contributed by atoms with van der Waals surface area (Å²) in [7, 11) is 0. The van der Waals surface area contributed by atoms with Gasteiger partial charge in [0.1, 0.15) is 0 Å². The van der Waals surface area contributed by atoms with Gasteiger partial charge >= 0.3 is 0 Å². The molecule has 2 heterocycles. The molecular weight excluding hydrogens is 484 g/mol. The van der Waals surface area contributed by atoms with Crippen LogP contribution < -0.4 is 0 Å². The van der Waals surface area contributed by atoms with Crippen LogP contribution in [0, 0.1) is 5.92 Å². The molecule has 0 spiro atoms. The number of hydrogen-bond acceptors (Lipinski definition) is 1. The normalized spacial score (nSPS) is 30.6. The number of para-hydroxylation sites is 1. The molecule has 2 aromatic rings. The Labute approximate surface area is 238 Å². The molecule has 0 fully saturated rings. The molecule has 0 radical (unpaired) electrons. The van der Waals surface area contributed by atoms with Crippen molar-refractivity contribution in [3.8, 4) is 0 Å². The van der Waals surface area contributed by atoms with Crippen molar-refractivity contribution in [3.63, 3.8) is 0 Å². The summed E-state index contributed by atoms with van der Waals surface area (Å²) >= 11 is 0. The summed E-state index contributed by atoms with van der Waals surface area (Å²) < 4.78 is 2.74. The third-order valence-corrected chi connectivity index (χ3v) is 11.3. The zero-order chi connectivity index (χ0) is 26.2. The number of rotatable bonds is 2. The molecule has 0 bridgehead atoms. The number of aryl methyl sites for hydroxylation is 1. The van der Waals surface area contributed by atoms with Crippen LogP contribution in [-0.4, -0.2) is 21.6 Å². The minimum absolute atomic E-state index is 0.531. The molecule has 0 amide bonds. The highest BCUT2D eigenvalue weighted by Gasteiger charge is 2.43. The topological polar surface area (TPSA) is 8.17 Å². The van der Waals surface area contributed by atoms with E-state index in [2.05, 4.69) is 82.3 Å². The van der Waals surface area contributed by atoms with Crippen LogP contribution in [0.15, 0.2) is 100 Å². The van der Waals surface area contributed by atoms with Crippen molar-refractivity contribution in [2.45, 2.75) is 95.2 Å². The molecule has 1 aromatic heterocycles. The predicted molar refractivity (Wildman–Crippen MR) is 166 cm³/mol. The molecule has 0 saturated carbocycles. The third kappa shape index (κ3) is 3.47. The summed E-state index contributed by atoms with van der Waals surface area (Å²) in [5.41, 5.74) is 15.0. The molecule has 7 aliphatic rings. The Kier molecular flexibility index (Phi) is 5.35. The van der Waals surface area contributed by atoms with Crippen LogP contribution >= 0.6 is 0 Å². The second kappa shape index (κ2) is 9.13. The van der Waals surface area contributed by atoms with Crippen molar-refractivity contribution < 1.29 is 0 Å². The minimum Gasteiger partial charge on any atom is -0.361 e. The van der Waals surface area contributed by atoms with E-state index in [0.717, 1.165) is 0 Å². The Morgan fingerprint density at radius 3 is 2.38 bits per heavy atom. The van der Waals surface area contributed by atoms with Gasteiger partial charge in [0.2, 0.25) is 0 Å². The molecule has 1 aliphatic heterocycles. The summed E-state index contributed by atoms with van der Waals surface area (Å²) in [6.07, 6.45) is 34.3. The van der Waals surface area contributed by atoms with Gasteiger partial charge in [-0.3, -0.25) is 0 Å². The number of fused-ring (bicyclic) bond motifs is 5. The first-order valence-electron chi connectivity index (χ1n) is 16.0. The average Bonchev–Trinajstić information content (AvgIpc) is 3.53. The Balaban J connectivity index is 0.993. The number of hydrogen-bond donors (Lipinski definition) is 0. The van der Waals surface area contributed by atoms with Gasteiger partial charge in [-0.25, -0.2) is 0 Å². The molecular formula is C38H40N2. The number of aromatic nitrogens is 1. The highest BCUT2D eigenvalue weighted by atomic mass is 15.2. The Hall–Kier alpha value is -3.26. The van der Waals surface area contributed by atoms with Gasteiger partial charge in [0.25, 0.3) is 0 Å². The van der Waals surface area contributed by atoms with Gasteiger partial charge in [-0.15, -0.1) is 0 Å². The highest BCUT2D eigenvalue weighted by Crippen LogP contribution is 2.51. The maximum atomic E-state index is 2.86. The van der Waals surface area contributed by atoms with Crippen molar-refractivity contribution >= 4 is 17.0 Å². The molecule has 4 unspecified atom stereocenters. The summed E-state index contributed by atoms with van der Waals surface area (Å²) in [6, 6.07) is 11.0. The van der Waals surface area contributed by atoms with Crippen LogP contribution in [0.3, 0.4) is 0 Å². The fraction of sp³-hybridized carbons (Fsp3) is 0.421. The first-order chi connectivity index (χ1) is 19.8. The fourth-order valence-electron chi connectivity index (χ4n) is 9.55. The standard InChI is InChI=1S/C38H40N2/c1-5-13-35-31(9-1)32-10-2-6-14-36(32)39(35)29-19-17-25-21-26-18-20-30(24-28(26)22-27(25)23-29)40-37-15-7-3-11-33(37)34-12-4-8-16-38(34)40/h1,3,5-9,11,13-16,29-31,35H,2,4,10,12,17-24H2. The zero-order valence-electron chi connectivity index (χ0n) is 23.6. The highest BCUT2D eigenvalue weighted by molar-refractivity contribution is 5.89. The minimum atomic E-state index is 0.531. The van der Waals surface area contributed by atoms with Crippen molar-refractivity contribution in [2.24, 2.45) is 5.92 Å². The van der Waals surface area contributed by atoms with Gasteiger partial charge in [-0.2, -0.15) is 0 Å². The molecule has 0 N–H and O–H groups in total. The predicted octanol–water partition coefficient (Wildman–Crippen LogP) is 9.30. The molecule has 40 heavy (non-hydrogen) atoms. The molecule has 0 saturated heterocycles. The number of allylic oxidation sites excluding steroid dienone is 8. The maximum absolute atomic E-state index is 2.86. The van der Waals surface area contributed by atoms with E-state index in [-0.39, 0.29) is 0 Å². The SMILES string of the molecule is C1=CC2C3=C(C=CCC3)N(C3CCC4=C(CC5=C(CCC(n6c7c(c8ccccc86)CCC=C7)C5)C4)C3)C2C=C1. The van der Waals surface area contributed by atoms with Crippen LogP contribution in [0.2, 0.25) is 0 Å². The lowest BCUT2D eigenvalue weighted by molar-refractivity contribution is 0.202. The molecule has 4 atom stereocenters. The molecule has 2 nitrogen and oxygen atoms in total. The van der Waals surface area contributed by atoms with E-state index in [9.17, 15) is 0 Å². The van der Waals surface area contributed by atoms with E-state index in [4.69, 9.17) is 0 Å². The van der Waals surface area contributed by atoms with Crippen LogP contribution in [-0.2, 0) is 6.42 Å². The summed E-state index contributed by atoms with van der Waals surface area (Å²) in [5, 5.41) is 1.49. The number of nitrogens with zero attached hydrogens (tertiary/aromatic N) is 2. The largest absolute Gasteiger partial charge is 0.361 e. The Bertz CT molecular complexity index is 1630. The molecule has 1 aromatic carbocycles. The van der Waals surface area contributed by atoms with Gasteiger partial charge in [0.15, 0.2) is 0 Å². The van der Waals surface area contributed by atoms with Crippen molar-refractivity contribution in [3.05, 3.63) is 112 Å². The first-order valence-corrected chi connectivity index (χ1v) is 16.0. The maximum Gasteiger partial charge on any atom is 0.0580 e. The summed E-state index contributed by atoms with van der Waals surface area (Å²) in [5.74, 6) is 0.594. The number of benzene rings is 1.